The minimum atomic E-state index is 0.348. The molecule has 2 aromatic rings. The van der Waals surface area contributed by atoms with Gasteiger partial charge in [-0.25, -0.2) is 0 Å². The Kier molecular flexibility index (Phi) is 5.68. The number of hydrogen-bond acceptors (Lipinski definition) is 3. The predicted molar refractivity (Wildman–Crippen MR) is 94.6 cm³/mol. The Morgan fingerprint density at radius 1 is 1.24 bits per heavy atom. The molecule has 0 amide bonds. The minimum absolute atomic E-state index is 0.348. The molecule has 1 atom stereocenters. The van der Waals surface area contributed by atoms with Crippen LogP contribution in [0.3, 0.4) is 0 Å². The Hall–Kier alpha value is -1.03. The van der Waals surface area contributed by atoms with E-state index in [9.17, 15) is 0 Å². The highest BCUT2D eigenvalue weighted by Crippen LogP contribution is 2.30. The van der Waals surface area contributed by atoms with Gasteiger partial charge in [-0.2, -0.15) is 0 Å². The van der Waals surface area contributed by atoms with E-state index in [4.69, 9.17) is 11.6 Å². The molecule has 0 bridgehead atoms. The number of benzene rings is 1. The first-order chi connectivity index (χ1) is 9.99. The van der Waals surface area contributed by atoms with Gasteiger partial charge < -0.3 is 10.2 Å². The third kappa shape index (κ3) is 4.22. The number of nitrogens with zero attached hydrogens (tertiary/aromatic N) is 1. The highest BCUT2D eigenvalue weighted by atomic mass is 35.5. The summed E-state index contributed by atoms with van der Waals surface area (Å²) < 4.78 is 0. The van der Waals surface area contributed by atoms with Gasteiger partial charge in [0.15, 0.2) is 0 Å². The monoisotopic (exact) mass is 322 g/mol. The number of halogens is 1. The highest BCUT2D eigenvalue weighted by molar-refractivity contribution is 7.10. The van der Waals surface area contributed by atoms with Crippen LogP contribution in [-0.2, 0) is 6.54 Å². The lowest BCUT2D eigenvalue weighted by atomic mass is 10.1. The first-order valence-electron chi connectivity index (χ1n) is 7.27. The van der Waals surface area contributed by atoms with Crippen LogP contribution in [0, 0.1) is 0 Å². The van der Waals surface area contributed by atoms with Gasteiger partial charge in [0, 0.05) is 35.2 Å². The molecule has 0 aliphatic carbocycles. The molecule has 114 valence electrons. The topological polar surface area (TPSA) is 15.3 Å². The predicted octanol–water partition coefficient (Wildman–Crippen LogP) is 5.10. The van der Waals surface area contributed by atoms with Crippen molar-refractivity contribution in [1.82, 2.24) is 5.32 Å². The van der Waals surface area contributed by atoms with Gasteiger partial charge in [0.2, 0.25) is 0 Å². The van der Waals surface area contributed by atoms with Crippen LogP contribution in [-0.4, -0.2) is 13.1 Å². The van der Waals surface area contributed by atoms with E-state index in [1.807, 2.05) is 0 Å². The van der Waals surface area contributed by atoms with Gasteiger partial charge in [-0.15, -0.1) is 11.3 Å². The average Bonchev–Trinajstić information content (AvgIpc) is 2.98. The third-order valence-corrected chi connectivity index (χ3v) is 5.07. The zero-order valence-electron chi connectivity index (χ0n) is 13.1. The lowest BCUT2D eigenvalue weighted by molar-refractivity contribution is 0.589. The summed E-state index contributed by atoms with van der Waals surface area (Å²) in [6.07, 6.45) is 0. The van der Waals surface area contributed by atoms with Crippen molar-refractivity contribution >= 4 is 28.6 Å². The van der Waals surface area contributed by atoms with Gasteiger partial charge >= 0.3 is 0 Å². The smallest absolute Gasteiger partial charge is 0.0603 e. The molecule has 0 aliphatic heterocycles. The van der Waals surface area contributed by atoms with Crippen LogP contribution in [0.15, 0.2) is 35.7 Å². The van der Waals surface area contributed by atoms with Gasteiger partial charge in [0.05, 0.1) is 6.04 Å². The molecule has 2 rings (SSSR count). The molecule has 1 unspecified atom stereocenters. The van der Waals surface area contributed by atoms with E-state index in [0.717, 1.165) is 22.8 Å². The fourth-order valence-electron chi connectivity index (χ4n) is 2.16. The molecule has 1 aromatic heterocycles. The molecule has 1 heterocycles. The van der Waals surface area contributed by atoms with Gasteiger partial charge in [0.1, 0.15) is 0 Å². The van der Waals surface area contributed by atoms with Crippen molar-refractivity contribution in [3.8, 4) is 0 Å². The van der Waals surface area contributed by atoms with Gasteiger partial charge in [-0.1, -0.05) is 37.6 Å². The van der Waals surface area contributed by atoms with E-state index in [-0.39, 0.29) is 0 Å². The van der Waals surface area contributed by atoms with E-state index in [2.05, 4.69) is 73.7 Å². The average molecular weight is 323 g/mol. The Bertz CT molecular complexity index is 566. The lowest BCUT2D eigenvalue weighted by Crippen LogP contribution is -2.23. The van der Waals surface area contributed by atoms with Crippen LogP contribution in [0.5, 0.6) is 0 Å². The third-order valence-electron chi connectivity index (χ3n) is 3.68. The SMILES string of the molecule is CC(C)NCc1ccc(N(C)C(C)c2cccs2)cc1Cl. The molecule has 2 nitrogen and oxygen atoms in total. The Labute approximate surface area is 136 Å². The van der Waals surface area contributed by atoms with Crippen molar-refractivity contribution in [2.45, 2.75) is 39.4 Å². The zero-order valence-corrected chi connectivity index (χ0v) is 14.6. The Morgan fingerprint density at radius 2 is 2.00 bits per heavy atom. The molecule has 4 heteroatoms. The van der Waals surface area contributed by atoms with Crippen LogP contribution in [0.2, 0.25) is 5.02 Å². The maximum Gasteiger partial charge on any atom is 0.0603 e. The molecule has 0 saturated carbocycles. The standard InChI is InChI=1S/C17H23ClN2S/c1-12(2)19-11-14-7-8-15(10-16(14)18)20(4)13(3)17-6-5-9-21-17/h5-10,12-13,19H,11H2,1-4H3. The molecule has 0 fully saturated rings. The van der Waals surface area contributed by atoms with Crippen LogP contribution in [0.4, 0.5) is 5.69 Å². The second kappa shape index (κ2) is 7.30. The molecule has 1 N–H and O–H groups in total. The largest absolute Gasteiger partial charge is 0.367 e. The summed E-state index contributed by atoms with van der Waals surface area (Å²) in [5.41, 5.74) is 2.29. The highest BCUT2D eigenvalue weighted by Gasteiger charge is 2.14. The van der Waals surface area contributed by atoms with Gasteiger partial charge in [0.25, 0.3) is 0 Å². The number of nitrogens with one attached hydrogen (secondary N) is 1. The maximum atomic E-state index is 6.42. The summed E-state index contributed by atoms with van der Waals surface area (Å²) in [5, 5.41) is 6.34. The van der Waals surface area contributed by atoms with E-state index in [1.165, 1.54) is 4.88 Å². The molecule has 21 heavy (non-hydrogen) atoms. The normalized spacial score (nSPS) is 12.7. The fraction of sp³-hybridized carbons (Fsp3) is 0.412. The molecule has 0 saturated heterocycles. The van der Waals surface area contributed by atoms with E-state index >= 15 is 0 Å². The molecule has 0 aliphatic rings. The second-order valence-corrected chi connectivity index (χ2v) is 7.00. The Morgan fingerprint density at radius 3 is 2.57 bits per heavy atom. The molecular weight excluding hydrogens is 300 g/mol. The van der Waals surface area contributed by atoms with Gasteiger partial charge in [-0.3, -0.25) is 0 Å². The zero-order chi connectivity index (χ0) is 15.4. The van der Waals surface area contributed by atoms with Crippen LogP contribution in [0.1, 0.15) is 37.3 Å². The van der Waals surface area contributed by atoms with Crippen molar-refractivity contribution in [3.63, 3.8) is 0 Å². The summed E-state index contributed by atoms with van der Waals surface area (Å²) in [6, 6.07) is 11.4. The second-order valence-electron chi connectivity index (χ2n) is 5.61. The van der Waals surface area contributed by atoms with Crippen molar-refractivity contribution in [2.24, 2.45) is 0 Å². The van der Waals surface area contributed by atoms with Gasteiger partial charge in [-0.05, 0) is 36.1 Å². The first kappa shape index (κ1) is 16.3. The lowest BCUT2D eigenvalue weighted by Gasteiger charge is -2.27. The fourth-order valence-corrected chi connectivity index (χ4v) is 3.22. The molecule has 0 radical (unpaired) electrons. The molecule has 1 aromatic carbocycles. The summed E-state index contributed by atoms with van der Waals surface area (Å²) in [7, 11) is 2.11. The summed E-state index contributed by atoms with van der Waals surface area (Å²) in [5.74, 6) is 0. The molecular formula is C17H23ClN2S. The van der Waals surface area contributed by atoms with Crippen LogP contribution < -0.4 is 10.2 Å². The Balaban J connectivity index is 2.12. The number of hydrogen-bond donors (Lipinski definition) is 1. The van der Waals surface area contributed by atoms with Crippen molar-refractivity contribution in [2.75, 3.05) is 11.9 Å². The van der Waals surface area contributed by atoms with Crippen LogP contribution >= 0.6 is 22.9 Å². The number of rotatable bonds is 6. The summed E-state index contributed by atoms with van der Waals surface area (Å²) in [6.45, 7) is 7.30. The quantitative estimate of drug-likeness (QED) is 0.796. The van der Waals surface area contributed by atoms with Crippen LogP contribution in [0.25, 0.3) is 0 Å². The van der Waals surface area contributed by atoms with Crippen molar-refractivity contribution in [1.29, 1.82) is 0 Å². The first-order valence-corrected chi connectivity index (χ1v) is 8.53. The van der Waals surface area contributed by atoms with Crippen molar-refractivity contribution < 1.29 is 0 Å². The minimum Gasteiger partial charge on any atom is -0.367 e. The summed E-state index contributed by atoms with van der Waals surface area (Å²) in [4.78, 5) is 3.62. The van der Waals surface area contributed by atoms with E-state index < -0.39 is 0 Å². The van der Waals surface area contributed by atoms with Crippen molar-refractivity contribution in [3.05, 3.63) is 51.2 Å². The number of thiophene rings is 1. The number of anilines is 1. The maximum absolute atomic E-state index is 6.42. The van der Waals surface area contributed by atoms with E-state index in [1.54, 1.807) is 11.3 Å². The molecule has 0 spiro atoms. The summed E-state index contributed by atoms with van der Waals surface area (Å²) >= 11 is 8.21. The van der Waals surface area contributed by atoms with E-state index in [0.29, 0.717) is 12.1 Å².